The van der Waals surface area contributed by atoms with Gasteiger partial charge in [0, 0.05) is 31.3 Å². The molecular formula is C23H34FN3O3. The Labute approximate surface area is 178 Å². The highest BCUT2D eigenvalue weighted by molar-refractivity contribution is 5.77. The maximum Gasteiger partial charge on any atom is 0.246 e. The Morgan fingerprint density at radius 3 is 2.47 bits per heavy atom. The first kappa shape index (κ1) is 24.0. The summed E-state index contributed by atoms with van der Waals surface area (Å²) < 4.78 is 23.7. The van der Waals surface area contributed by atoms with E-state index in [1.807, 2.05) is 0 Å². The minimum absolute atomic E-state index is 0.0273. The summed E-state index contributed by atoms with van der Waals surface area (Å²) in [5, 5.41) is 6.82. The summed E-state index contributed by atoms with van der Waals surface area (Å²) in [5.41, 5.74) is 1.32. The molecule has 2 rings (SSSR count). The van der Waals surface area contributed by atoms with Gasteiger partial charge in [0.25, 0.3) is 0 Å². The van der Waals surface area contributed by atoms with Crippen LogP contribution in [0.5, 0.6) is 0 Å². The van der Waals surface area contributed by atoms with Gasteiger partial charge in [0.1, 0.15) is 18.1 Å². The molecule has 1 aromatic carbocycles. The molecule has 2 aromatic rings. The van der Waals surface area contributed by atoms with Gasteiger partial charge in [-0.3, -0.25) is 4.79 Å². The second-order valence-corrected chi connectivity index (χ2v) is 8.43. The number of halogens is 1. The van der Waals surface area contributed by atoms with E-state index in [9.17, 15) is 9.18 Å². The van der Waals surface area contributed by atoms with E-state index in [0.29, 0.717) is 29.8 Å². The van der Waals surface area contributed by atoms with Gasteiger partial charge < -0.3 is 19.5 Å². The van der Waals surface area contributed by atoms with Gasteiger partial charge in [-0.25, -0.2) is 4.39 Å². The van der Waals surface area contributed by atoms with E-state index in [-0.39, 0.29) is 24.9 Å². The van der Waals surface area contributed by atoms with Gasteiger partial charge in [0.05, 0.1) is 6.61 Å². The molecule has 30 heavy (non-hydrogen) atoms. The quantitative estimate of drug-likeness (QED) is 0.495. The molecular weight excluding hydrogens is 385 g/mol. The molecule has 0 aliphatic heterocycles. The van der Waals surface area contributed by atoms with Crippen LogP contribution < -0.4 is 5.32 Å². The van der Waals surface area contributed by atoms with Crippen molar-refractivity contribution in [2.75, 3.05) is 32.8 Å². The normalized spacial score (nSPS) is 11.6. The number of nitrogens with one attached hydrogen (secondary N) is 1. The molecule has 0 saturated heterocycles. The molecule has 0 unspecified atom stereocenters. The van der Waals surface area contributed by atoms with E-state index in [1.54, 1.807) is 18.2 Å². The molecule has 7 heteroatoms. The lowest BCUT2D eigenvalue weighted by atomic mass is 10.1. The van der Waals surface area contributed by atoms with Crippen molar-refractivity contribution in [1.82, 2.24) is 15.4 Å². The number of benzene rings is 1. The van der Waals surface area contributed by atoms with E-state index in [0.717, 1.165) is 31.6 Å². The third-order valence-corrected chi connectivity index (χ3v) is 4.39. The minimum Gasteiger partial charge on any atom is -0.365 e. The van der Waals surface area contributed by atoms with Crippen molar-refractivity contribution in [2.45, 2.75) is 40.7 Å². The molecule has 6 nitrogen and oxygen atoms in total. The van der Waals surface area contributed by atoms with Crippen LogP contribution in [-0.4, -0.2) is 48.7 Å². The standard InChI is InChI=1S/C23H34FN3O3/c1-17(2)13-27(14-18(3)4)11-5-10-25-23(28)16-29-15-21-12-22(30-26-21)19-6-8-20(24)9-7-19/h6-9,12,17-18H,5,10-11,13-16H2,1-4H3,(H,25,28). The molecule has 0 aliphatic carbocycles. The van der Waals surface area contributed by atoms with Gasteiger partial charge >= 0.3 is 0 Å². The maximum absolute atomic E-state index is 13.0. The Bertz CT molecular complexity index is 749. The molecule has 0 bridgehead atoms. The SMILES string of the molecule is CC(C)CN(CCCNC(=O)COCc1cc(-c2ccc(F)cc2)on1)CC(C)C. The lowest BCUT2D eigenvalue weighted by molar-refractivity contribution is -0.126. The van der Waals surface area contributed by atoms with Gasteiger partial charge in [0.15, 0.2) is 5.76 Å². The third-order valence-electron chi connectivity index (χ3n) is 4.39. The fraction of sp³-hybridized carbons (Fsp3) is 0.565. The Hall–Kier alpha value is -2.25. The molecule has 0 aliphatic rings. The first-order chi connectivity index (χ1) is 14.3. The van der Waals surface area contributed by atoms with Crippen LogP contribution in [0.2, 0.25) is 0 Å². The number of hydrogen-bond acceptors (Lipinski definition) is 5. The average Bonchev–Trinajstić information content (AvgIpc) is 3.13. The number of aromatic nitrogens is 1. The lowest BCUT2D eigenvalue weighted by Gasteiger charge is -2.26. The van der Waals surface area contributed by atoms with Crippen LogP contribution in [0.15, 0.2) is 34.9 Å². The van der Waals surface area contributed by atoms with E-state index in [2.05, 4.69) is 43.1 Å². The summed E-state index contributed by atoms with van der Waals surface area (Å²) in [7, 11) is 0. The minimum atomic E-state index is -0.305. The van der Waals surface area contributed by atoms with Crippen LogP contribution in [0.3, 0.4) is 0 Å². The van der Waals surface area contributed by atoms with Gasteiger partial charge in [0.2, 0.25) is 5.91 Å². The van der Waals surface area contributed by atoms with Crippen molar-refractivity contribution in [3.8, 4) is 11.3 Å². The fourth-order valence-corrected chi connectivity index (χ4v) is 3.25. The number of carbonyl (C=O) groups excluding carboxylic acids is 1. The van der Waals surface area contributed by atoms with Crippen LogP contribution in [-0.2, 0) is 16.1 Å². The zero-order chi connectivity index (χ0) is 21.9. The van der Waals surface area contributed by atoms with Crippen molar-refractivity contribution in [2.24, 2.45) is 11.8 Å². The smallest absolute Gasteiger partial charge is 0.246 e. The number of rotatable bonds is 13. The first-order valence-corrected chi connectivity index (χ1v) is 10.6. The number of nitrogens with zero attached hydrogens (tertiary/aromatic N) is 2. The number of carbonyl (C=O) groups is 1. The van der Waals surface area contributed by atoms with Crippen molar-refractivity contribution < 1.29 is 18.4 Å². The predicted molar refractivity (Wildman–Crippen MR) is 115 cm³/mol. The number of hydrogen-bond donors (Lipinski definition) is 1. The Morgan fingerprint density at radius 1 is 1.17 bits per heavy atom. The Balaban J connectivity index is 1.64. The average molecular weight is 420 g/mol. The highest BCUT2D eigenvalue weighted by atomic mass is 19.1. The largest absolute Gasteiger partial charge is 0.365 e. The monoisotopic (exact) mass is 419 g/mol. The fourth-order valence-electron chi connectivity index (χ4n) is 3.25. The molecule has 1 N–H and O–H groups in total. The summed E-state index contributed by atoms with van der Waals surface area (Å²) >= 11 is 0. The molecule has 166 valence electrons. The molecule has 0 saturated carbocycles. The summed E-state index contributed by atoms with van der Waals surface area (Å²) in [6.45, 7) is 12.8. The van der Waals surface area contributed by atoms with E-state index in [1.165, 1.54) is 12.1 Å². The molecule has 0 radical (unpaired) electrons. The van der Waals surface area contributed by atoms with E-state index >= 15 is 0 Å². The zero-order valence-corrected chi connectivity index (χ0v) is 18.5. The maximum atomic E-state index is 13.0. The van der Waals surface area contributed by atoms with Crippen LogP contribution in [0.25, 0.3) is 11.3 Å². The highest BCUT2D eigenvalue weighted by Crippen LogP contribution is 2.20. The van der Waals surface area contributed by atoms with Crippen LogP contribution >= 0.6 is 0 Å². The topological polar surface area (TPSA) is 67.6 Å². The van der Waals surface area contributed by atoms with Gasteiger partial charge in [-0.1, -0.05) is 32.9 Å². The van der Waals surface area contributed by atoms with Gasteiger partial charge in [-0.05, 0) is 49.1 Å². The summed E-state index contributed by atoms with van der Waals surface area (Å²) in [6, 6.07) is 7.70. The molecule has 0 fully saturated rings. The van der Waals surface area contributed by atoms with Crippen LogP contribution in [0.4, 0.5) is 4.39 Å². The van der Waals surface area contributed by atoms with Crippen molar-refractivity contribution >= 4 is 5.91 Å². The van der Waals surface area contributed by atoms with Crippen LogP contribution in [0, 0.1) is 17.7 Å². The first-order valence-electron chi connectivity index (χ1n) is 10.6. The molecule has 0 atom stereocenters. The lowest BCUT2D eigenvalue weighted by Crippen LogP contribution is -2.35. The third kappa shape index (κ3) is 9.05. The van der Waals surface area contributed by atoms with Crippen LogP contribution in [0.1, 0.15) is 39.8 Å². The number of amides is 1. The highest BCUT2D eigenvalue weighted by Gasteiger charge is 2.10. The molecule has 0 spiro atoms. The summed E-state index contributed by atoms with van der Waals surface area (Å²) in [6.07, 6.45) is 0.912. The molecule has 1 aromatic heterocycles. The van der Waals surface area contributed by atoms with Gasteiger partial charge in [-0.2, -0.15) is 0 Å². The van der Waals surface area contributed by atoms with Crippen molar-refractivity contribution in [1.29, 1.82) is 0 Å². The van der Waals surface area contributed by atoms with E-state index < -0.39 is 0 Å². The second kappa shape index (κ2) is 12.4. The molecule has 1 heterocycles. The summed E-state index contributed by atoms with van der Waals surface area (Å²) in [5.74, 6) is 1.35. The van der Waals surface area contributed by atoms with Crippen molar-refractivity contribution in [3.63, 3.8) is 0 Å². The predicted octanol–water partition coefficient (Wildman–Crippen LogP) is 4.12. The van der Waals surface area contributed by atoms with Gasteiger partial charge in [-0.15, -0.1) is 0 Å². The second-order valence-electron chi connectivity index (χ2n) is 8.43. The van der Waals surface area contributed by atoms with Crippen molar-refractivity contribution in [3.05, 3.63) is 41.8 Å². The molecule has 1 amide bonds. The Morgan fingerprint density at radius 2 is 1.83 bits per heavy atom. The Kier molecular flexibility index (Phi) is 9.97. The number of ether oxygens (including phenoxy) is 1. The summed E-state index contributed by atoms with van der Waals surface area (Å²) in [4.78, 5) is 14.4. The van der Waals surface area contributed by atoms with E-state index in [4.69, 9.17) is 9.26 Å². The zero-order valence-electron chi connectivity index (χ0n) is 18.5.